The van der Waals surface area contributed by atoms with E-state index in [1.54, 1.807) is 0 Å². The van der Waals surface area contributed by atoms with Gasteiger partial charge in [0.1, 0.15) is 11.5 Å². The van der Waals surface area contributed by atoms with Crippen LogP contribution in [-0.2, 0) is 4.79 Å². The van der Waals surface area contributed by atoms with Gasteiger partial charge in [-0.3, -0.25) is 9.69 Å². The first-order valence-corrected chi connectivity index (χ1v) is 11.7. The molecule has 2 fully saturated rings. The Balaban J connectivity index is 1.50. The number of carbonyl (C=O) groups is 1. The maximum Gasteiger partial charge on any atom is 0.238 e. The molecule has 3 nitrogen and oxygen atoms in total. The van der Waals surface area contributed by atoms with Crippen LogP contribution in [0.4, 0.5) is 5.69 Å². The highest BCUT2D eigenvalue weighted by molar-refractivity contribution is 8.02. The van der Waals surface area contributed by atoms with Gasteiger partial charge in [-0.1, -0.05) is 45.4 Å². The fourth-order valence-corrected chi connectivity index (χ4v) is 6.11. The normalized spacial score (nSPS) is 24.9. The van der Waals surface area contributed by atoms with Crippen molar-refractivity contribution in [1.29, 1.82) is 0 Å². The molecule has 0 atom stereocenters. The van der Waals surface area contributed by atoms with Gasteiger partial charge in [0.2, 0.25) is 5.91 Å². The van der Waals surface area contributed by atoms with Gasteiger partial charge in [-0.2, -0.15) is 0 Å². The van der Waals surface area contributed by atoms with Crippen molar-refractivity contribution in [2.75, 3.05) is 10.7 Å². The maximum atomic E-state index is 12.8. The van der Waals surface area contributed by atoms with Gasteiger partial charge in [0.15, 0.2) is 0 Å². The summed E-state index contributed by atoms with van der Waals surface area (Å²) < 4.78 is 5.92. The lowest BCUT2D eigenvalue weighted by atomic mass is 9.68. The van der Waals surface area contributed by atoms with Crippen molar-refractivity contribution in [1.82, 2.24) is 0 Å². The molecule has 154 valence electrons. The van der Waals surface area contributed by atoms with Crippen LogP contribution in [0.2, 0.25) is 0 Å². The molecule has 1 amide bonds. The van der Waals surface area contributed by atoms with E-state index in [4.69, 9.17) is 4.74 Å². The highest BCUT2D eigenvalue weighted by Crippen LogP contribution is 2.53. The lowest BCUT2D eigenvalue weighted by molar-refractivity contribution is -0.116. The average molecular weight is 410 g/mol. The molecule has 1 saturated carbocycles. The molecule has 0 radical (unpaired) electrons. The summed E-state index contributed by atoms with van der Waals surface area (Å²) in [4.78, 5) is 14.8. The van der Waals surface area contributed by atoms with E-state index in [2.05, 4.69) is 25.7 Å². The Morgan fingerprint density at radius 2 is 1.66 bits per heavy atom. The Labute approximate surface area is 178 Å². The lowest BCUT2D eigenvalue weighted by Crippen LogP contribution is -2.48. The van der Waals surface area contributed by atoms with Crippen molar-refractivity contribution < 1.29 is 9.53 Å². The first-order valence-electron chi connectivity index (χ1n) is 10.7. The molecule has 4 heteroatoms. The minimum atomic E-state index is -0.0702. The largest absolute Gasteiger partial charge is 0.457 e. The number of nitrogens with zero attached hydrogens (tertiary/aromatic N) is 1. The Bertz CT molecular complexity index is 839. The Morgan fingerprint density at radius 1 is 1.03 bits per heavy atom. The summed E-state index contributed by atoms with van der Waals surface area (Å²) in [5.74, 6) is 3.19. The van der Waals surface area contributed by atoms with Gasteiger partial charge in [-0.05, 0) is 73.4 Å². The predicted molar refractivity (Wildman–Crippen MR) is 122 cm³/mol. The summed E-state index contributed by atoms with van der Waals surface area (Å²) in [7, 11) is 0. The van der Waals surface area contributed by atoms with E-state index >= 15 is 0 Å². The maximum absolute atomic E-state index is 12.8. The number of hydrogen-bond acceptors (Lipinski definition) is 3. The van der Waals surface area contributed by atoms with E-state index in [9.17, 15) is 4.79 Å². The molecular formula is C25H31NO2S. The molecule has 1 aliphatic heterocycles. The van der Waals surface area contributed by atoms with E-state index in [0.29, 0.717) is 11.2 Å². The monoisotopic (exact) mass is 409 g/mol. The topological polar surface area (TPSA) is 29.5 Å². The van der Waals surface area contributed by atoms with Crippen molar-refractivity contribution >= 4 is 23.4 Å². The van der Waals surface area contributed by atoms with Gasteiger partial charge in [-0.25, -0.2) is 0 Å². The molecule has 2 aromatic rings. The molecule has 0 aromatic heterocycles. The third-order valence-electron chi connectivity index (χ3n) is 6.98. The molecular weight excluding hydrogens is 378 g/mol. The average Bonchev–Trinajstić information content (AvgIpc) is 3.05. The van der Waals surface area contributed by atoms with Crippen LogP contribution in [0.25, 0.3) is 0 Å². The zero-order valence-electron chi connectivity index (χ0n) is 17.7. The van der Waals surface area contributed by atoms with Crippen LogP contribution in [0.1, 0.15) is 52.9 Å². The van der Waals surface area contributed by atoms with E-state index in [1.165, 1.54) is 19.3 Å². The van der Waals surface area contributed by atoms with Gasteiger partial charge in [0, 0.05) is 5.69 Å². The molecule has 1 saturated heterocycles. The molecule has 0 N–H and O–H groups in total. The van der Waals surface area contributed by atoms with Crippen LogP contribution in [0, 0.1) is 11.3 Å². The number of benzene rings is 2. The number of hydrogen-bond donors (Lipinski definition) is 0. The SMILES string of the molecule is CCC(C)(C)C1CCC2(CC1)SCC(=O)N2c1ccc(Oc2ccccc2)cc1. The van der Waals surface area contributed by atoms with E-state index in [1.807, 2.05) is 66.4 Å². The third-order valence-corrected chi connectivity index (χ3v) is 8.50. The minimum absolute atomic E-state index is 0.0702. The molecule has 4 rings (SSSR count). The second-order valence-electron chi connectivity index (χ2n) is 8.99. The molecule has 1 spiro atoms. The second kappa shape index (κ2) is 8.06. The highest BCUT2D eigenvalue weighted by Gasteiger charge is 2.50. The first kappa shape index (κ1) is 20.3. The number of thioether (sulfide) groups is 1. The summed E-state index contributed by atoms with van der Waals surface area (Å²) in [5, 5.41) is 0. The van der Waals surface area contributed by atoms with Crippen LogP contribution in [0.3, 0.4) is 0 Å². The van der Waals surface area contributed by atoms with E-state index in [-0.39, 0.29) is 10.8 Å². The predicted octanol–water partition coefficient (Wildman–Crippen LogP) is 6.88. The molecule has 1 aliphatic carbocycles. The van der Waals surface area contributed by atoms with Crippen LogP contribution < -0.4 is 9.64 Å². The minimum Gasteiger partial charge on any atom is -0.457 e. The highest BCUT2D eigenvalue weighted by atomic mass is 32.2. The number of para-hydroxylation sites is 1. The Kier molecular flexibility index (Phi) is 5.65. The van der Waals surface area contributed by atoms with Gasteiger partial charge in [0.25, 0.3) is 0 Å². The van der Waals surface area contributed by atoms with Crippen molar-refractivity contribution in [2.45, 2.75) is 57.7 Å². The molecule has 29 heavy (non-hydrogen) atoms. The van der Waals surface area contributed by atoms with Crippen LogP contribution in [0.5, 0.6) is 11.5 Å². The second-order valence-corrected chi connectivity index (χ2v) is 10.3. The van der Waals surface area contributed by atoms with Gasteiger partial charge in [-0.15, -0.1) is 11.8 Å². The quantitative estimate of drug-likeness (QED) is 0.539. The molecule has 2 aromatic carbocycles. The lowest BCUT2D eigenvalue weighted by Gasteiger charge is -2.46. The van der Waals surface area contributed by atoms with Crippen molar-refractivity contribution in [3.63, 3.8) is 0 Å². The summed E-state index contributed by atoms with van der Waals surface area (Å²) in [6.45, 7) is 7.08. The Hall–Kier alpha value is -1.94. The van der Waals surface area contributed by atoms with Gasteiger partial charge >= 0.3 is 0 Å². The fraction of sp³-hybridized carbons (Fsp3) is 0.480. The summed E-state index contributed by atoms with van der Waals surface area (Å²) >= 11 is 1.85. The molecule has 0 unspecified atom stereocenters. The summed E-state index contributed by atoms with van der Waals surface area (Å²) in [6, 6.07) is 17.8. The molecule has 1 heterocycles. The fourth-order valence-electron chi connectivity index (χ4n) is 4.73. The smallest absolute Gasteiger partial charge is 0.238 e. The van der Waals surface area contributed by atoms with Crippen LogP contribution in [-0.4, -0.2) is 16.5 Å². The van der Waals surface area contributed by atoms with Gasteiger partial charge < -0.3 is 4.74 Å². The standard InChI is InChI=1S/C25H31NO2S/c1-4-24(2,3)19-14-16-25(17-15-19)26(23(27)18-29-25)20-10-12-22(13-11-20)28-21-8-6-5-7-9-21/h5-13,19H,4,14-18H2,1-3H3. The number of amides is 1. The van der Waals surface area contributed by atoms with E-state index in [0.717, 1.165) is 35.9 Å². The first-order chi connectivity index (χ1) is 13.9. The summed E-state index contributed by atoms with van der Waals surface area (Å²) in [5.41, 5.74) is 1.38. The van der Waals surface area contributed by atoms with Crippen molar-refractivity contribution in [3.05, 3.63) is 54.6 Å². The van der Waals surface area contributed by atoms with Crippen LogP contribution >= 0.6 is 11.8 Å². The zero-order chi connectivity index (χ0) is 20.5. The van der Waals surface area contributed by atoms with Crippen molar-refractivity contribution in [2.24, 2.45) is 11.3 Å². The van der Waals surface area contributed by atoms with Crippen LogP contribution in [0.15, 0.2) is 54.6 Å². The third kappa shape index (κ3) is 4.05. The number of rotatable bonds is 5. The number of carbonyl (C=O) groups excluding carboxylic acids is 1. The number of anilines is 1. The van der Waals surface area contributed by atoms with Gasteiger partial charge in [0.05, 0.1) is 10.6 Å². The Morgan fingerprint density at radius 3 is 2.28 bits per heavy atom. The zero-order valence-corrected chi connectivity index (χ0v) is 18.5. The molecule has 2 aliphatic rings. The molecule has 0 bridgehead atoms. The number of ether oxygens (including phenoxy) is 1. The van der Waals surface area contributed by atoms with Crippen molar-refractivity contribution in [3.8, 4) is 11.5 Å². The summed E-state index contributed by atoms with van der Waals surface area (Å²) in [6.07, 6.45) is 5.78. The van der Waals surface area contributed by atoms with E-state index < -0.39 is 0 Å².